The number of carbonyl (C=O) groups excluding carboxylic acids is 1. The van der Waals surface area contributed by atoms with E-state index in [1.165, 1.54) is 12.1 Å². The highest BCUT2D eigenvalue weighted by atomic mass is 32.2. The molecule has 1 aromatic heterocycles. The number of hydrogen-bond acceptors (Lipinski definition) is 5. The molecular formula is C21H23F2N5O3S. The number of nitrogens with one attached hydrogen (secondary N) is 1. The largest absolute Gasteiger partial charge is 0.322 e. The van der Waals surface area contributed by atoms with Crippen molar-refractivity contribution >= 4 is 32.7 Å². The van der Waals surface area contributed by atoms with E-state index in [1.54, 1.807) is 10.7 Å². The van der Waals surface area contributed by atoms with Crippen molar-refractivity contribution in [3.63, 3.8) is 0 Å². The number of nitrogens with zero attached hydrogens (tertiary/aromatic N) is 4. The number of carbonyl (C=O) groups is 1. The Morgan fingerprint density at radius 3 is 2.75 bits per heavy atom. The van der Waals surface area contributed by atoms with Crippen LogP contribution in [-0.4, -0.2) is 46.2 Å². The maximum atomic E-state index is 14.0. The second-order valence-electron chi connectivity index (χ2n) is 7.70. The molecule has 1 amide bonds. The van der Waals surface area contributed by atoms with Crippen LogP contribution < -0.4 is 5.32 Å². The van der Waals surface area contributed by atoms with Crippen LogP contribution in [0.15, 0.2) is 41.3 Å². The highest BCUT2D eigenvalue weighted by molar-refractivity contribution is 7.89. The lowest BCUT2D eigenvalue weighted by Crippen LogP contribution is -2.49. The average Bonchev–Trinajstić information content (AvgIpc) is 3.18. The van der Waals surface area contributed by atoms with E-state index in [0.717, 1.165) is 28.4 Å². The highest BCUT2D eigenvalue weighted by Crippen LogP contribution is 2.28. The van der Waals surface area contributed by atoms with Gasteiger partial charge >= 0.3 is 0 Å². The van der Waals surface area contributed by atoms with Gasteiger partial charge in [-0.2, -0.15) is 4.31 Å². The van der Waals surface area contributed by atoms with Crippen LogP contribution in [0.3, 0.4) is 0 Å². The van der Waals surface area contributed by atoms with Gasteiger partial charge in [0.1, 0.15) is 23.2 Å². The second kappa shape index (κ2) is 8.91. The Morgan fingerprint density at radius 2 is 2.00 bits per heavy atom. The minimum Gasteiger partial charge on any atom is -0.322 e. The molecule has 170 valence electrons. The molecule has 1 unspecified atom stereocenters. The minimum atomic E-state index is -4.02. The van der Waals surface area contributed by atoms with E-state index in [9.17, 15) is 22.0 Å². The number of anilines is 1. The predicted octanol–water partition coefficient (Wildman–Crippen LogP) is 3.30. The van der Waals surface area contributed by atoms with Crippen molar-refractivity contribution in [2.75, 3.05) is 11.9 Å². The molecule has 2 aromatic carbocycles. The van der Waals surface area contributed by atoms with Gasteiger partial charge in [-0.15, -0.1) is 5.10 Å². The molecule has 1 aliphatic heterocycles. The van der Waals surface area contributed by atoms with E-state index in [2.05, 4.69) is 15.6 Å². The van der Waals surface area contributed by atoms with Gasteiger partial charge in [0.15, 0.2) is 0 Å². The number of hydrogen-bond donors (Lipinski definition) is 1. The summed E-state index contributed by atoms with van der Waals surface area (Å²) in [5.41, 5.74) is 0.977. The second-order valence-corrected chi connectivity index (χ2v) is 9.59. The smallest absolute Gasteiger partial charge is 0.243 e. The first-order valence-corrected chi connectivity index (χ1v) is 11.9. The molecule has 2 heterocycles. The van der Waals surface area contributed by atoms with Crippen LogP contribution in [0, 0.1) is 11.6 Å². The van der Waals surface area contributed by atoms with Gasteiger partial charge in [-0.1, -0.05) is 18.6 Å². The zero-order valence-corrected chi connectivity index (χ0v) is 18.3. The number of amides is 1. The fourth-order valence-corrected chi connectivity index (χ4v) is 5.56. The topological polar surface area (TPSA) is 97.2 Å². The molecule has 1 N–H and O–H groups in total. The third-order valence-corrected chi connectivity index (χ3v) is 7.38. The van der Waals surface area contributed by atoms with Crippen molar-refractivity contribution in [2.24, 2.45) is 0 Å². The Labute approximate surface area is 184 Å². The Balaban J connectivity index is 1.62. The minimum absolute atomic E-state index is 0.0150. The molecule has 3 aromatic rings. The molecule has 1 saturated heterocycles. The van der Waals surface area contributed by atoms with Gasteiger partial charge in [-0.3, -0.25) is 4.79 Å². The summed E-state index contributed by atoms with van der Waals surface area (Å²) in [5, 5.41) is 10.5. The summed E-state index contributed by atoms with van der Waals surface area (Å²) in [7, 11) is -4.02. The quantitative estimate of drug-likeness (QED) is 0.605. The van der Waals surface area contributed by atoms with Crippen molar-refractivity contribution in [2.45, 2.75) is 50.1 Å². The van der Waals surface area contributed by atoms with Gasteiger partial charge in [0.05, 0.1) is 16.1 Å². The normalized spacial score (nSPS) is 17.5. The highest BCUT2D eigenvalue weighted by Gasteiger charge is 2.38. The summed E-state index contributed by atoms with van der Waals surface area (Å²) in [6.07, 6.45) is 2.41. The number of aromatic nitrogens is 3. The van der Waals surface area contributed by atoms with Crippen molar-refractivity contribution in [1.82, 2.24) is 19.3 Å². The summed E-state index contributed by atoms with van der Waals surface area (Å²) >= 11 is 0. The lowest BCUT2D eigenvalue weighted by molar-refractivity contribution is -0.120. The van der Waals surface area contributed by atoms with Gasteiger partial charge in [0.2, 0.25) is 15.9 Å². The fourth-order valence-electron chi connectivity index (χ4n) is 3.89. The Bertz CT molecular complexity index is 1260. The van der Waals surface area contributed by atoms with Crippen LogP contribution in [0.1, 0.15) is 32.6 Å². The summed E-state index contributed by atoms with van der Waals surface area (Å²) in [5.74, 6) is -2.36. The van der Waals surface area contributed by atoms with Crippen LogP contribution in [0.25, 0.3) is 11.0 Å². The van der Waals surface area contributed by atoms with Gasteiger partial charge in [0, 0.05) is 19.2 Å². The number of benzene rings is 2. The van der Waals surface area contributed by atoms with Crippen molar-refractivity contribution in [1.29, 1.82) is 0 Å². The maximum Gasteiger partial charge on any atom is 0.243 e. The monoisotopic (exact) mass is 463 g/mol. The van der Waals surface area contributed by atoms with E-state index in [-0.39, 0.29) is 17.1 Å². The number of rotatable bonds is 6. The lowest BCUT2D eigenvalue weighted by atomic mass is 10.0. The molecule has 0 saturated carbocycles. The van der Waals surface area contributed by atoms with E-state index in [1.807, 2.05) is 6.92 Å². The van der Waals surface area contributed by atoms with Gasteiger partial charge < -0.3 is 5.32 Å². The first-order valence-electron chi connectivity index (χ1n) is 10.4. The third-order valence-electron chi connectivity index (χ3n) is 5.47. The van der Waals surface area contributed by atoms with Crippen LogP contribution in [0.5, 0.6) is 0 Å². The number of sulfonamides is 1. The Morgan fingerprint density at radius 1 is 1.19 bits per heavy atom. The van der Waals surface area contributed by atoms with Crippen molar-refractivity contribution < 1.29 is 22.0 Å². The molecular weight excluding hydrogens is 440 g/mol. The standard InChI is InChI=1S/C21H23F2N5O3S/c1-2-10-27-19-9-7-15(13-18(19)25-26-27)32(30,31)28-11-4-3-5-20(28)21(29)24-17-8-6-14(22)12-16(17)23/h6-9,12-13,20H,2-5,10-11H2,1H3,(H,24,29). The molecule has 0 radical (unpaired) electrons. The van der Waals surface area contributed by atoms with Gasteiger partial charge in [-0.25, -0.2) is 21.9 Å². The zero-order valence-electron chi connectivity index (χ0n) is 17.5. The molecule has 1 aliphatic rings. The molecule has 4 rings (SSSR count). The number of fused-ring (bicyclic) bond motifs is 1. The van der Waals surface area contributed by atoms with E-state index < -0.39 is 33.6 Å². The SMILES string of the molecule is CCCn1nnc2cc(S(=O)(=O)N3CCCCC3C(=O)Nc3ccc(F)cc3F)ccc21. The Hall–Kier alpha value is -2.92. The van der Waals surface area contributed by atoms with E-state index in [4.69, 9.17) is 0 Å². The molecule has 0 spiro atoms. The fraction of sp³-hybridized carbons (Fsp3) is 0.381. The maximum absolute atomic E-state index is 14.0. The first-order chi connectivity index (χ1) is 15.3. The Kier molecular flexibility index (Phi) is 6.20. The van der Waals surface area contributed by atoms with E-state index >= 15 is 0 Å². The van der Waals surface area contributed by atoms with Crippen LogP contribution in [0.4, 0.5) is 14.5 Å². The van der Waals surface area contributed by atoms with Crippen LogP contribution >= 0.6 is 0 Å². The van der Waals surface area contributed by atoms with Gasteiger partial charge in [-0.05, 0) is 49.6 Å². The summed E-state index contributed by atoms with van der Waals surface area (Å²) in [6, 6.07) is 6.37. The predicted molar refractivity (Wildman–Crippen MR) is 114 cm³/mol. The van der Waals surface area contributed by atoms with Crippen LogP contribution in [-0.2, 0) is 21.4 Å². The molecule has 32 heavy (non-hydrogen) atoms. The zero-order chi connectivity index (χ0) is 22.9. The molecule has 1 fully saturated rings. The molecule has 0 bridgehead atoms. The van der Waals surface area contributed by atoms with Crippen molar-refractivity contribution in [3.8, 4) is 0 Å². The summed E-state index contributed by atoms with van der Waals surface area (Å²) < 4.78 is 56.8. The average molecular weight is 464 g/mol. The first kappa shape index (κ1) is 22.3. The van der Waals surface area contributed by atoms with Crippen LogP contribution in [0.2, 0.25) is 0 Å². The third kappa shape index (κ3) is 4.22. The number of halogens is 2. The molecule has 0 aliphatic carbocycles. The van der Waals surface area contributed by atoms with E-state index in [0.29, 0.717) is 37.4 Å². The van der Waals surface area contributed by atoms with Gasteiger partial charge in [0.25, 0.3) is 0 Å². The summed E-state index contributed by atoms with van der Waals surface area (Å²) in [4.78, 5) is 12.9. The molecule has 1 atom stereocenters. The number of aryl methyl sites for hydroxylation is 1. The lowest BCUT2D eigenvalue weighted by Gasteiger charge is -2.33. The van der Waals surface area contributed by atoms with Crippen molar-refractivity contribution in [3.05, 3.63) is 48.0 Å². The summed E-state index contributed by atoms with van der Waals surface area (Å²) in [6.45, 7) is 2.83. The molecule has 8 nitrogen and oxygen atoms in total. The number of piperidine rings is 1. The molecule has 11 heteroatoms.